The number of methoxy groups -OCH3 is 1. The summed E-state index contributed by atoms with van der Waals surface area (Å²) >= 11 is 0. The van der Waals surface area contributed by atoms with Crippen LogP contribution in [0.2, 0.25) is 0 Å². The van der Waals surface area contributed by atoms with Crippen molar-refractivity contribution in [1.29, 1.82) is 0 Å². The number of carbonyl (C=O) groups is 3. The Morgan fingerprint density at radius 3 is 2.24 bits per heavy atom. The third-order valence-electron chi connectivity index (χ3n) is 11.9. The fraction of sp³-hybridized carbons (Fsp3) is 0.535. The Labute approximate surface area is 344 Å². The maximum absolute atomic E-state index is 14.4. The Hall–Kier alpha value is -5.16. The lowest BCUT2D eigenvalue weighted by molar-refractivity contribution is -0.160. The van der Waals surface area contributed by atoms with E-state index in [1.165, 1.54) is 59.4 Å². The number of amides is 1. The highest BCUT2D eigenvalue weighted by Gasteiger charge is 2.50. The van der Waals surface area contributed by atoms with Gasteiger partial charge in [0.2, 0.25) is 0 Å². The standard InChI is InChI=1S/C43H58N4O12/c1-21-12-11-13-22(2)42(55)45-33-28(20-44-47-17-15-46(9)16-18-47)37(52)30-31(38(33)53)36(51)26(6)40-32(30)41(54)43(8,59-40)57-19-14-29(56-10)23(3)39(58-27(7)48)25(5)35(50)24(4)34(21)49/h11-14,19-21,23-25,29,34-35,39,49-53H,15-18H2,1-10H3,(H,45,55)/b12-11+,19-14+,22-13+,44-20+/t21-,23+,24-,25+,29-,34-,35-,39+,43+/m1/s1. The Kier molecular flexibility index (Phi) is 13.7. The van der Waals surface area contributed by atoms with Crippen LogP contribution in [-0.2, 0) is 23.8 Å². The van der Waals surface area contributed by atoms with Crippen molar-refractivity contribution in [2.45, 2.75) is 85.6 Å². The lowest BCUT2D eigenvalue weighted by atomic mass is 9.78. The van der Waals surface area contributed by atoms with Gasteiger partial charge in [0.15, 0.2) is 5.75 Å². The normalized spacial score (nSPS) is 32.1. The molecular formula is C43H58N4O12. The Morgan fingerprint density at radius 1 is 0.949 bits per heavy atom. The molecule has 16 heteroatoms. The Bertz CT molecular complexity index is 2070. The number of hydrogen-bond donors (Lipinski definition) is 6. The van der Waals surface area contributed by atoms with Crippen LogP contribution in [0.15, 0.2) is 41.2 Å². The van der Waals surface area contributed by atoms with Crippen LogP contribution in [0.4, 0.5) is 5.69 Å². The van der Waals surface area contributed by atoms with Crippen LogP contribution in [0.3, 0.4) is 0 Å². The molecule has 4 aliphatic heterocycles. The van der Waals surface area contributed by atoms with Crippen molar-refractivity contribution in [1.82, 2.24) is 9.91 Å². The van der Waals surface area contributed by atoms with E-state index in [0.717, 1.165) is 13.1 Å². The lowest BCUT2D eigenvalue weighted by Crippen LogP contribution is -2.46. The predicted molar refractivity (Wildman–Crippen MR) is 220 cm³/mol. The van der Waals surface area contributed by atoms with Crippen molar-refractivity contribution >= 4 is 40.3 Å². The number of Topliss-reactive ketones (excluding diaryl/α,β-unsaturated/α-hetero) is 1. The van der Waals surface area contributed by atoms with E-state index in [0.29, 0.717) is 13.1 Å². The molecule has 0 aromatic heterocycles. The molecule has 2 aromatic carbocycles. The number of benzene rings is 2. The van der Waals surface area contributed by atoms with Gasteiger partial charge < -0.3 is 54.7 Å². The smallest absolute Gasteiger partial charge is 0.312 e. The fourth-order valence-electron chi connectivity index (χ4n) is 7.92. The van der Waals surface area contributed by atoms with E-state index in [-0.39, 0.29) is 44.5 Å². The number of aromatic hydroxyl groups is 3. The molecular weight excluding hydrogens is 764 g/mol. The molecule has 4 aliphatic rings. The third-order valence-corrected chi connectivity index (χ3v) is 11.9. The number of hydrazone groups is 1. The Morgan fingerprint density at radius 2 is 1.61 bits per heavy atom. The van der Waals surface area contributed by atoms with E-state index < -0.39 is 88.8 Å². The average molecular weight is 823 g/mol. The summed E-state index contributed by atoms with van der Waals surface area (Å²) in [6, 6.07) is 0. The van der Waals surface area contributed by atoms with Gasteiger partial charge in [-0.1, -0.05) is 45.9 Å². The van der Waals surface area contributed by atoms with Crippen LogP contribution in [0.25, 0.3) is 10.8 Å². The zero-order chi connectivity index (χ0) is 43.7. The highest BCUT2D eigenvalue weighted by atomic mass is 16.7. The van der Waals surface area contributed by atoms with Crippen molar-refractivity contribution in [2.24, 2.45) is 28.8 Å². The Balaban J connectivity index is 1.70. The van der Waals surface area contributed by atoms with E-state index in [1.807, 2.05) is 7.05 Å². The van der Waals surface area contributed by atoms with Crippen LogP contribution in [0, 0.1) is 30.6 Å². The predicted octanol–water partition coefficient (Wildman–Crippen LogP) is 4.34. The number of anilines is 1. The molecule has 0 unspecified atom stereocenters. The van der Waals surface area contributed by atoms with Crippen molar-refractivity contribution in [3.05, 3.63) is 52.8 Å². The first-order valence-corrected chi connectivity index (χ1v) is 19.8. The fourth-order valence-corrected chi connectivity index (χ4v) is 7.92. The molecule has 0 saturated carbocycles. The van der Waals surface area contributed by atoms with Gasteiger partial charge in [0.25, 0.3) is 11.7 Å². The molecule has 4 heterocycles. The molecule has 6 N–H and O–H groups in total. The number of nitrogens with zero attached hydrogens (tertiary/aromatic N) is 3. The highest BCUT2D eigenvalue weighted by Crippen LogP contribution is 2.55. The maximum atomic E-state index is 14.4. The number of fused-ring (bicyclic) bond motifs is 14. The monoisotopic (exact) mass is 822 g/mol. The topological polar surface area (TPSA) is 220 Å². The number of aliphatic hydroxyl groups excluding tert-OH is 2. The molecule has 9 atom stereocenters. The number of piperazine rings is 1. The number of phenolic OH excluding ortho intramolecular Hbond substituents is 3. The first kappa shape index (κ1) is 44.9. The average Bonchev–Trinajstić information content (AvgIpc) is 3.46. The van der Waals surface area contributed by atoms with E-state index in [2.05, 4.69) is 15.3 Å². The van der Waals surface area contributed by atoms with Crippen molar-refractivity contribution in [3.8, 4) is 23.0 Å². The SMILES string of the molecule is CO[C@@H]1/C=C/O[C@@]2(C)Oc3c(C)c(O)c4c(O)c(c(/C=N/N5CCN(C)CC5)c(O)c4c3C2=O)NC(=O)/C(C)=C/C=C/[C@@H](C)[C@@H](O)[C@@H](C)[C@@H](O)[C@H](C)[C@@H](OC(C)=O)[C@H]1C. The number of ketones is 1. The summed E-state index contributed by atoms with van der Waals surface area (Å²) < 4.78 is 23.6. The molecule has 2 aromatic rings. The van der Waals surface area contributed by atoms with Crippen LogP contribution >= 0.6 is 0 Å². The second kappa shape index (κ2) is 18.0. The van der Waals surface area contributed by atoms with E-state index in [4.69, 9.17) is 18.9 Å². The second-order valence-corrected chi connectivity index (χ2v) is 16.1. The van der Waals surface area contributed by atoms with Gasteiger partial charge in [-0.05, 0) is 27.0 Å². The first-order valence-electron chi connectivity index (χ1n) is 19.8. The maximum Gasteiger partial charge on any atom is 0.312 e. The first-order chi connectivity index (χ1) is 27.7. The zero-order valence-electron chi connectivity index (χ0n) is 35.3. The summed E-state index contributed by atoms with van der Waals surface area (Å²) in [6.45, 7) is 15.1. The minimum absolute atomic E-state index is 0.0559. The van der Waals surface area contributed by atoms with Crippen molar-refractivity contribution < 1.29 is 58.9 Å². The van der Waals surface area contributed by atoms with Gasteiger partial charge in [-0.15, -0.1) is 0 Å². The van der Waals surface area contributed by atoms with Crippen LogP contribution in [-0.4, -0.2) is 130 Å². The number of nitrogens with one attached hydrogen (secondary N) is 1. The van der Waals surface area contributed by atoms with Gasteiger partial charge >= 0.3 is 11.8 Å². The molecule has 1 fully saturated rings. The minimum atomic E-state index is -2.04. The molecule has 1 amide bonds. The zero-order valence-corrected chi connectivity index (χ0v) is 35.3. The highest BCUT2D eigenvalue weighted by molar-refractivity contribution is 6.23. The molecule has 0 spiro atoms. The van der Waals surface area contributed by atoms with Gasteiger partial charge in [0.1, 0.15) is 23.4 Å². The van der Waals surface area contributed by atoms with Crippen LogP contribution < -0.4 is 10.1 Å². The summed E-state index contributed by atoms with van der Waals surface area (Å²) in [5.41, 5.74) is -0.350. The van der Waals surface area contributed by atoms with Crippen molar-refractivity contribution in [3.63, 3.8) is 0 Å². The summed E-state index contributed by atoms with van der Waals surface area (Å²) in [6.07, 6.45) is 4.86. The van der Waals surface area contributed by atoms with Crippen molar-refractivity contribution in [2.75, 3.05) is 45.7 Å². The molecule has 59 heavy (non-hydrogen) atoms. The number of ether oxygens (including phenoxy) is 4. The van der Waals surface area contributed by atoms with Gasteiger partial charge in [0.05, 0.1) is 53.0 Å². The van der Waals surface area contributed by atoms with E-state index >= 15 is 0 Å². The molecule has 1 saturated heterocycles. The number of aliphatic hydroxyl groups is 2. The summed E-state index contributed by atoms with van der Waals surface area (Å²) in [5, 5.41) is 66.8. The summed E-state index contributed by atoms with van der Waals surface area (Å²) in [7, 11) is 3.42. The van der Waals surface area contributed by atoms with E-state index in [9.17, 15) is 39.9 Å². The van der Waals surface area contributed by atoms with E-state index in [1.54, 1.807) is 44.9 Å². The third kappa shape index (κ3) is 8.91. The molecule has 0 radical (unpaired) electrons. The summed E-state index contributed by atoms with van der Waals surface area (Å²) in [5.74, 6) is -8.34. The largest absolute Gasteiger partial charge is 0.507 e. The minimum Gasteiger partial charge on any atom is -0.507 e. The number of phenols is 3. The molecule has 0 aliphatic carbocycles. The number of rotatable bonds is 4. The summed E-state index contributed by atoms with van der Waals surface area (Å²) in [4.78, 5) is 42.6. The van der Waals surface area contributed by atoms with Gasteiger partial charge in [-0.2, -0.15) is 5.10 Å². The number of likely N-dealkylation sites (N-methyl/N-ethyl adjacent to an activating group) is 1. The second-order valence-electron chi connectivity index (χ2n) is 16.1. The van der Waals surface area contributed by atoms with Crippen LogP contribution in [0.1, 0.15) is 70.0 Å². The van der Waals surface area contributed by atoms with Crippen LogP contribution in [0.5, 0.6) is 23.0 Å². The number of esters is 1. The van der Waals surface area contributed by atoms with Gasteiger partial charge in [0, 0.05) is 87.3 Å². The number of carbonyl (C=O) groups excluding carboxylic acids is 3. The molecule has 5 bridgehead atoms. The molecule has 16 nitrogen and oxygen atoms in total. The van der Waals surface area contributed by atoms with Gasteiger partial charge in [-0.25, -0.2) is 0 Å². The number of allylic oxidation sites excluding steroid dienone is 2. The molecule has 6 rings (SSSR count). The quantitative estimate of drug-likeness (QED) is 0.109. The number of hydrogen-bond acceptors (Lipinski definition) is 15. The van der Waals surface area contributed by atoms with Gasteiger partial charge in [-0.3, -0.25) is 19.4 Å². The lowest BCUT2D eigenvalue weighted by Gasteiger charge is -2.38. The molecule has 322 valence electrons.